The van der Waals surface area contributed by atoms with Crippen LogP contribution in [0.15, 0.2) is 60.7 Å². The van der Waals surface area contributed by atoms with E-state index in [0.717, 1.165) is 6.07 Å². The maximum absolute atomic E-state index is 14.3. The Kier molecular flexibility index (Phi) is 6.27. The van der Waals surface area contributed by atoms with Crippen LogP contribution in [0.4, 0.5) is 29.1 Å². The molecule has 0 radical (unpaired) electrons. The fourth-order valence-electron chi connectivity index (χ4n) is 4.13. The highest BCUT2D eigenvalue weighted by Crippen LogP contribution is 2.34. The Morgan fingerprint density at radius 1 is 0.917 bits per heavy atom. The Bertz CT molecular complexity index is 1400. The zero-order valence-electron chi connectivity index (χ0n) is 18.9. The molecule has 3 heterocycles. The van der Waals surface area contributed by atoms with Gasteiger partial charge in [-0.15, -0.1) is 15.3 Å². The second-order valence-electron chi connectivity index (χ2n) is 8.32. The molecule has 8 nitrogen and oxygen atoms in total. The molecule has 0 atom stereocenters. The molecule has 2 aromatic heterocycles. The molecule has 0 bridgehead atoms. The van der Waals surface area contributed by atoms with Crippen LogP contribution < -0.4 is 10.2 Å². The second kappa shape index (κ2) is 9.53. The number of nitrogens with one attached hydrogen (secondary N) is 1. The lowest BCUT2D eigenvalue weighted by molar-refractivity contribution is -0.137. The molecule has 1 amide bonds. The van der Waals surface area contributed by atoms with E-state index < -0.39 is 23.5 Å². The van der Waals surface area contributed by atoms with Gasteiger partial charge in [0.1, 0.15) is 11.6 Å². The lowest BCUT2D eigenvalue weighted by Gasteiger charge is -2.34. The molecule has 36 heavy (non-hydrogen) atoms. The monoisotopic (exact) mass is 499 g/mol. The fraction of sp³-hybridized carbons (Fsp3) is 0.250. The third kappa shape index (κ3) is 4.85. The molecule has 0 unspecified atom stereocenters. The molecule has 5 rings (SSSR count). The van der Waals surface area contributed by atoms with E-state index in [9.17, 15) is 22.4 Å². The number of carbonyl (C=O) groups excluding carboxylic acids is 1. The summed E-state index contributed by atoms with van der Waals surface area (Å²) in [6, 6.07) is 14.7. The molecule has 186 valence electrons. The smallest absolute Gasteiger partial charge is 0.353 e. The van der Waals surface area contributed by atoms with Gasteiger partial charge in [0.25, 0.3) is 0 Å². The molecular formula is C24H21F4N7O. The average molecular weight is 499 g/mol. The maximum Gasteiger partial charge on any atom is 0.418 e. The van der Waals surface area contributed by atoms with Crippen molar-refractivity contribution in [1.82, 2.24) is 24.7 Å². The van der Waals surface area contributed by atoms with Gasteiger partial charge in [-0.1, -0.05) is 24.3 Å². The van der Waals surface area contributed by atoms with Crippen molar-refractivity contribution in [2.24, 2.45) is 0 Å². The number of para-hydroxylation sites is 1. The number of nitrogens with zero attached hydrogens (tertiary/aromatic N) is 6. The van der Waals surface area contributed by atoms with Crippen molar-refractivity contribution in [3.8, 4) is 11.4 Å². The average Bonchev–Trinajstić information content (AvgIpc) is 3.27. The summed E-state index contributed by atoms with van der Waals surface area (Å²) < 4.78 is 55.3. The lowest BCUT2D eigenvalue weighted by atomic mass is 10.1. The maximum atomic E-state index is 14.3. The van der Waals surface area contributed by atoms with Gasteiger partial charge in [-0.3, -0.25) is 9.69 Å². The molecule has 1 saturated heterocycles. The predicted octanol–water partition coefficient (Wildman–Crippen LogP) is 3.71. The number of anilines is 2. The van der Waals surface area contributed by atoms with Crippen LogP contribution in [0.5, 0.6) is 0 Å². The van der Waals surface area contributed by atoms with Crippen LogP contribution in [0, 0.1) is 5.82 Å². The first-order valence-electron chi connectivity index (χ1n) is 11.2. The second-order valence-corrected chi connectivity index (χ2v) is 8.32. The molecule has 0 spiro atoms. The van der Waals surface area contributed by atoms with Crippen molar-refractivity contribution in [2.75, 3.05) is 42.9 Å². The van der Waals surface area contributed by atoms with Crippen molar-refractivity contribution in [3.63, 3.8) is 0 Å². The Labute approximate surface area is 203 Å². The number of halogens is 4. The topological polar surface area (TPSA) is 78.7 Å². The van der Waals surface area contributed by atoms with Gasteiger partial charge in [0, 0.05) is 26.2 Å². The number of alkyl halides is 3. The van der Waals surface area contributed by atoms with Crippen molar-refractivity contribution in [2.45, 2.75) is 6.18 Å². The van der Waals surface area contributed by atoms with E-state index in [1.54, 1.807) is 30.3 Å². The first kappa shape index (κ1) is 23.7. The van der Waals surface area contributed by atoms with Crippen molar-refractivity contribution < 1.29 is 22.4 Å². The minimum atomic E-state index is -4.56. The lowest BCUT2D eigenvalue weighted by Crippen LogP contribution is -2.49. The highest BCUT2D eigenvalue weighted by Gasteiger charge is 2.33. The number of benzene rings is 2. The predicted molar refractivity (Wildman–Crippen MR) is 125 cm³/mol. The normalized spacial score (nSPS) is 14.8. The van der Waals surface area contributed by atoms with Gasteiger partial charge >= 0.3 is 6.18 Å². The van der Waals surface area contributed by atoms with Crippen molar-refractivity contribution in [3.05, 3.63) is 72.0 Å². The number of amides is 1. The third-order valence-electron chi connectivity index (χ3n) is 5.93. The number of hydrogen-bond acceptors (Lipinski definition) is 6. The molecule has 1 aliphatic rings. The summed E-state index contributed by atoms with van der Waals surface area (Å²) in [7, 11) is 0. The van der Waals surface area contributed by atoms with Crippen LogP contribution >= 0.6 is 0 Å². The molecule has 1 fully saturated rings. The van der Waals surface area contributed by atoms with Gasteiger partial charge in [0.2, 0.25) is 5.91 Å². The van der Waals surface area contributed by atoms with E-state index >= 15 is 0 Å². The largest absolute Gasteiger partial charge is 0.418 e. The van der Waals surface area contributed by atoms with Crippen molar-refractivity contribution in [1.29, 1.82) is 0 Å². The van der Waals surface area contributed by atoms with Crippen LogP contribution in [-0.2, 0) is 11.0 Å². The van der Waals surface area contributed by atoms with Crippen LogP contribution in [0.1, 0.15) is 5.56 Å². The van der Waals surface area contributed by atoms with Gasteiger partial charge in [-0.25, -0.2) is 4.39 Å². The molecule has 0 aliphatic carbocycles. The number of fused-ring (bicyclic) bond motifs is 1. The minimum absolute atomic E-state index is 0.0324. The molecule has 1 N–H and O–H groups in total. The number of carbonyl (C=O) groups is 1. The zero-order chi connectivity index (χ0) is 25.3. The number of aromatic nitrogens is 4. The molecule has 12 heteroatoms. The standard InChI is InChI=1S/C24H21F4N7O/c25-18-7-3-1-5-16(18)23-31-30-20-9-10-21(32-35(20)23)34-13-11-33(12-14-34)15-22(36)29-19-8-4-2-6-17(19)24(26,27)28/h1-10H,11-15H2,(H,29,36). The van der Waals surface area contributed by atoms with Gasteiger partial charge in [0.05, 0.1) is 23.4 Å². The van der Waals surface area contributed by atoms with Crippen LogP contribution in [0.3, 0.4) is 0 Å². The fourth-order valence-corrected chi connectivity index (χ4v) is 4.13. The summed E-state index contributed by atoms with van der Waals surface area (Å²) in [5, 5.41) is 15.1. The number of hydrogen-bond donors (Lipinski definition) is 1. The van der Waals surface area contributed by atoms with E-state index in [1.807, 2.05) is 9.80 Å². The number of rotatable bonds is 5. The zero-order valence-corrected chi connectivity index (χ0v) is 18.9. The summed E-state index contributed by atoms with van der Waals surface area (Å²) in [6.45, 7) is 2.08. The van der Waals surface area contributed by atoms with E-state index in [2.05, 4.69) is 20.6 Å². The molecule has 2 aromatic carbocycles. The summed E-state index contributed by atoms with van der Waals surface area (Å²) in [5.74, 6) is -0.00930. The Balaban J connectivity index is 1.24. The summed E-state index contributed by atoms with van der Waals surface area (Å²) in [6.07, 6.45) is -4.56. The van der Waals surface area contributed by atoms with E-state index in [1.165, 1.54) is 28.8 Å². The van der Waals surface area contributed by atoms with Gasteiger partial charge < -0.3 is 10.2 Å². The van der Waals surface area contributed by atoms with Crippen LogP contribution in [0.2, 0.25) is 0 Å². The summed E-state index contributed by atoms with van der Waals surface area (Å²) in [5.41, 5.74) is -0.372. The first-order chi connectivity index (χ1) is 17.3. The SMILES string of the molecule is O=C(CN1CCN(c2ccc3nnc(-c4ccccc4F)n3n2)CC1)Nc1ccccc1C(F)(F)F. The highest BCUT2D eigenvalue weighted by molar-refractivity contribution is 5.93. The third-order valence-corrected chi connectivity index (χ3v) is 5.93. The molecule has 1 aliphatic heterocycles. The van der Waals surface area contributed by atoms with Crippen molar-refractivity contribution >= 4 is 23.1 Å². The van der Waals surface area contributed by atoms with E-state index in [-0.39, 0.29) is 17.8 Å². The van der Waals surface area contributed by atoms with Gasteiger partial charge in [-0.2, -0.15) is 17.7 Å². The van der Waals surface area contributed by atoms with Gasteiger partial charge in [-0.05, 0) is 36.4 Å². The van der Waals surface area contributed by atoms with Gasteiger partial charge in [0.15, 0.2) is 11.5 Å². The highest BCUT2D eigenvalue weighted by atomic mass is 19.4. The summed E-state index contributed by atoms with van der Waals surface area (Å²) >= 11 is 0. The summed E-state index contributed by atoms with van der Waals surface area (Å²) in [4.78, 5) is 16.3. The van der Waals surface area contributed by atoms with E-state index in [0.29, 0.717) is 43.5 Å². The molecule has 4 aromatic rings. The number of piperazine rings is 1. The van der Waals surface area contributed by atoms with E-state index in [4.69, 9.17) is 0 Å². The Morgan fingerprint density at radius 2 is 1.64 bits per heavy atom. The first-order valence-corrected chi connectivity index (χ1v) is 11.2. The minimum Gasteiger partial charge on any atom is -0.353 e. The Hall–Kier alpha value is -4.06. The molecule has 0 saturated carbocycles. The van der Waals surface area contributed by atoms with Crippen LogP contribution in [0.25, 0.3) is 17.0 Å². The Morgan fingerprint density at radius 3 is 2.39 bits per heavy atom. The van der Waals surface area contributed by atoms with Crippen LogP contribution in [-0.4, -0.2) is 63.3 Å². The quantitative estimate of drug-likeness (QED) is 0.422. The molecular weight excluding hydrogens is 478 g/mol.